The molecule has 0 aliphatic heterocycles. The van der Waals surface area contributed by atoms with Crippen LogP contribution in [0.5, 0.6) is 0 Å². The lowest BCUT2D eigenvalue weighted by Crippen LogP contribution is -2.40. The van der Waals surface area contributed by atoms with Crippen LogP contribution in [0.1, 0.15) is 25.8 Å². The highest BCUT2D eigenvalue weighted by Gasteiger charge is 2.14. The number of nitrogens with one attached hydrogen (secondary N) is 1. The normalized spacial score (nSPS) is 10.5. The zero-order valence-electron chi connectivity index (χ0n) is 12.9. The number of carboxylic acids is 1. The molecule has 0 spiro atoms. The van der Waals surface area contributed by atoms with Gasteiger partial charge in [-0.3, -0.25) is 9.59 Å². The number of benzene rings is 1. The maximum atomic E-state index is 11.9. The van der Waals surface area contributed by atoms with Gasteiger partial charge in [0.1, 0.15) is 6.54 Å². The van der Waals surface area contributed by atoms with Crippen LogP contribution in [0.2, 0.25) is 0 Å². The van der Waals surface area contributed by atoms with Crippen molar-refractivity contribution in [2.75, 3.05) is 24.5 Å². The molecule has 1 aromatic rings. The molecule has 5 nitrogen and oxygen atoms in total. The second-order valence-corrected chi connectivity index (χ2v) is 5.62. The summed E-state index contributed by atoms with van der Waals surface area (Å²) in [6.45, 7) is 6.62. The van der Waals surface area contributed by atoms with E-state index in [9.17, 15) is 9.59 Å². The fraction of sp³-hybridized carbons (Fsp3) is 0.500. The first-order valence-electron chi connectivity index (χ1n) is 7.18. The Morgan fingerprint density at radius 1 is 1.19 bits per heavy atom. The van der Waals surface area contributed by atoms with E-state index in [0.717, 1.165) is 17.7 Å². The first-order chi connectivity index (χ1) is 9.88. The Balaban J connectivity index is 2.63. The molecule has 0 atom stereocenters. The minimum Gasteiger partial charge on any atom is -0.480 e. The largest absolute Gasteiger partial charge is 0.480 e. The number of carboxylic acid groups (broad SMARTS) is 1. The summed E-state index contributed by atoms with van der Waals surface area (Å²) in [7, 11) is 0. The molecular weight excluding hydrogens is 268 g/mol. The van der Waals surface area contributed by atoms with E-state index in [0.29, 0.717) is 12.5 Å². The molecule has 1 amide bonds. The van der Waals surface area contributed by atoms with E-state index in [1.54, 1.807) is 4.90 Å². The van der Waals surface area contributed by atoms with Gasteiger partial charge in [-0.2, -0.15) is 0 Å². The van der Waals surface area contributed by atoms with Gasteiger partial charge in [0.05, 0.1) is 6.54 Å². The first-order valence-corrected chi connectivity index (χ1v) is 7.18. The summed E-state index contributed by atoms with van der Waals surface area (Å²) in [5.41, 5.74) is 1.83. The zero-order chi connectivity index (χ0) is 15.8. The standard InChI is InChI=1S/C16H24N2O3/c1-12(2)8-9-17-15(19)10-18(11-16(20)21)14-6-4-13(3)5-7-14/h4-7,12H,8-11H2,1-3H3,(H,17,19)(H,20,21). The minimum absolute atomic E-state index is 0.0491. The second kappa shape index (κ2) is 8.29. The van der Waals surface area contributed by atoms with E-state index in [2.05, 4.69) is 19.2 Å². The van der Waals surface area contributed by atoms with Crippen molar-refractivity contribution >= 4 is 17.6 Å². The second-order valence-electron chi connectivity index (χ2n) is 5.62. The van der Waals surface area contributed by atoms with Crippen molar-refractivity contribution in [3.63, 3.8) is 0 Å². The molecule has 5 heteroatoms. The third kappa shape index (κ3) is 6.79. The molecule has 0 unspecified atom stereocenters. The van der Waals surface area contributed by atoms with Gasteiger partial charge in [0.2, 0.25) is 5.91 Å². The third-order valence-electron chi connectivity index (χ3n) is 3.10. The number of anilines is 1. The van der Waals surface area contributed by atoms with Gasteiger partial charge >= 0.3 is 5.97 Å². The molecule has 1 rings (SSSR count). The number of carbonyl (C=O) groups excluding carboxylic acids is 1. The van der Waals surface area contributed by atoms with Crippen LogP contribution in [0.4, 0.5) is 5.69 Å². The molecule has 116 valence electrons. The Labute approximate surface area is 126 Å². The van der Waals surface area contributed by atoms with Crippen molar-refractivity contribution in [3.8, 4) is 0 Å². The summed E-state index contributed by atoms with van der Waals surface area (Å²) in [4.78, 5) is 24.4. The number of carbonyl (C=O) groups is 2. The molecule has 0 bridgehead atoms. The van der Waals surface area contributed by atoms with Gasteiger partial charge < -0.3 is 15.3 Å². The lowest BCUT2D eigenvalue weighted by molar-refractivity contribution is -0.135. The van der Waals surface area contributed by atoms with Gasteiger partial charge in [0, 0.05) is 12.2 Å². The van der Waals surface area contributed by atoms with Crippen LogP contribution >= 0.6 is 0 Å². The molecule has 21 heavy (non-hydrogen) atoms. The van der Waals surface area contributed by atoms with Crippen LogP contribution in [0.25, 0.3) is 0 Å². The van der Waals surface area contributed by atoms with E-state index in [-0.39, 0.29) is 19.0 Å². The third-order valence-corrected chi connectivity index (χ3v) is 3.10. The van der Waals surface area contributed by atoms with Gasteiger partial charge in [-0.05, 0) is 31.4 Å². The predicted molar refractivity (Wildman–Crippen MR) is 83.5 cm³/mol. The highest BCUT2D eigenvalue weighted by molar-refractivity contribution is 5.84. The average Bonchev–Trinajstić information content (AvgIpc) is 2.37. The fourth-order valence-electron chi connectivity index (χ4n) is 1.89. The summed E-state index contributed by atoms with van der Waals surface area (Å²) >= 11 is 0. The van der Waals surface area contributed by atoms with E-state index >= 15 is 0 Å². The summed E-state index contributed by atoms with van der Waals surface area (Å²) < 4.78 is 0. The zero-order valence-corrected chi connectivity index (χ0v) is 12.9. The monoisotopic (exact) mass is 292 g/mol. The van der Waals surface area contributed by atoms with Crippen molar-refractivity contribution < 1.29 is 14.7 Å². The van der Waals surface area contributed by atoms with Crippen molar-refractivity contribution in [1.29, 1.82) is 0 Å². The van der Waals surface area contributed by atoms with Gasteiger partial charge in [-0.1, -0.05) is 31.5 Å². The van der Waals surface area contributed by atoms with Gasteiger partial charge in [-0.25, -0.2) is 0 Å². The molecule has 1 aromatic carbocycles. The maximum Gasteiger partial charge on any atom is 0.323 e. The molecule has 0 aliphatic rings. The molecule has 0 aliphatic carbocycles. The van der Waals surface area contributed by atoms with Crippen LogP contribution in [0.3, 0.4) is 0 Å². The minimum atomic E-state index is -0.953. The fourth-order valence-corrected chi connectivity index (χ4v) is 1.89. The van der Waals surface area contributed by atoms with Crippen molar-refractivity contribution in [2.45, 2.75) is 27.2 Å². The molecule has 0 heterocycles. The Hall–Kier alpha value is -2.04. The Kier molecular flexibility index (Phi) is 6.72. The van der Waals surface area contributed by atoms with Crippen LogP contribution < -0.4 is 10.2 Å². The summed E-state index contributed by atoms with van der Waals surface area (Å²) in [5.74, 6) is -0.583. The predicted octanol–water partition coefficient (Wildman–Crippen LogP) is 2.05. The summed E-state index contributed by atoms with van der Waals surface area (Å²) in [6, 6.07) is 7.47. The van der Waals surface area contributed by atoms with Crippen LogP contribution in [0, 0.1) is 12.8 Å². The highest BCUT2D eigenvalue weighted by Crippen LogP contribution is 2.14. The van der Waals surface area contributed by atoms with Crippen molar-refractivity contribution in [1.82, 2.24) is 5.32 Å². The Bertz CT molecular complexity index is 469. The molecule has 0 saturated heterocycles. The quantitative estimate of drug-likeness (QED) is 0.769. The smallest absolute Gasteiger partial charge is 0.323 e. The lowest BCUT2D eigenvalue weighted by Gasteiger charge is -2.22. The van der Waals surface area contributed by atoms with Crippen LogP contribution in [-0.4, -0.2) is 36.6 Å². The van der Waals surface area contributed by atoms with E-state index in [4.69, 9.17) is 5.11 Å². The Morgan fingerprint density at radius 3 is 2.33 bits per heavy atom. The van der Waals surface area contributed by atoms with E-state index in [1.165, 1.54) is 0 Å². The number of aryl methyl sites for hydroxylation is 1. The average molecular weight is 292 g/mol. The molecule has 2 N–H and O–H groups in total. The number of rotatable bonds is 8. The molecule has 0 fully saturated rings. The SMILES string of the molecule is Cc1ccc(N(CC(=O)O)CC(=O)NCCC(C)C)cc1. The highest BCUT2D eigenvalue weighted by atomic mass is 16.4. The Morgan fingerprint density at radius 2 is 1.81 bits per heavy atom. The number of amides is 1. The van der Waals surface area contributed by atoms with Crippen LogP contribution in [0.15, 0.2) is 24.3 Å². The topological polar surface area (TPSA) is 69.6 Å². The van der Waals surface area contributed by atoms with Crippen molar-refractivity contribution in [3.05, 3.63) is 29.8 Å². The van der Waals surface area contributed by atoms with E-state index < -0.39 is 5.97 Å². The maximum absolute atomic E-state index is 11.9. The summed E-state index contributed by atoms with van der Waals surface area (Å²) in [5, 5.41) is 11.8. The van der Waals surface area contributed by atoms with Crippen LogP contribution in [-0.2, 0) is 9.59 Å². The number of hydrogen-bond donors (Lipinski definition) is 2. The molecule has 0 aromatic heterocycles. The van der Waals surface area contributed by atoms with Gasteiger partial charge in [-0.15, -0.1) is 0 Å². The van der Waals surface area contributed by atoms with Gasteiger partial charge in [0.25, 0.3) is 0 Å². The molecule has 0 radical (unpaired) electrons. The number of aliphatic carboxylic acids is 1. The van der Waals surface area contributed by atoms with Gasteiger partial charge in [0.15, 0.2) is 0 Å². The lowest BCUT2D eigenvalue weighted by atomic mass is 10.1. The number of nitrogens with zero attached hydrogens (tertiary/aromatic N) is 1. The molecular formula is C16H24N2O3. The summed E-state index contributed by atoms with van der Waals surface area (Å²) in [6.07, 6.45) is 0.912. The van der Waals surface area contributed by atoms with Crippen molar-refractivity contribution in [2.24, 2.45) is 5.92 Å². The molecule has 0 saturated carbocycles. The number of hydrogen-bond acceptors (Lipinski definition) is 3. The first kappa shape index (κ1) is 17.0. The van der Waals surface area contributed by atoms with E-state index in [1.807, 2.05) is 31.2 Å².